The molecule has 5 rings (SSSR count). The first-order chi connectivity index (χ1) is 21.2. The van der Waals surface area contributed by atoms with E-state index < -0.39 is 22.5 Å². The third-order valence-electron chi connectivity index (χ3n) is 9.50. The number of hydrogen-bond donors (Lipinski definition) is 1. The van der Waals surface area contributed by atoms with Gasteiger partial charge < -0.3 is 29.7 Å². The van der Waals surface area contributed by atoms with E-state index in [9.17, 15) is 18.4 Å². The van der Waals surface area contributed by atoms with Crippen LogP contribution in [0.5, 0.6) is 17.2 Å². The highest BCUT2D eigenvalue weighted by Crippen LogP contribution is 2.42. The Kier molecular flexibility index (Phi) is 10.6. The topological polar surface area (TPSA) is 94.3 Å². The van der Waals surface area contributed by atoms with E-state index in [1.807, 2.05) is 30.3 Å². The quantitative estimate of drug-likeness (QED) is 0.330. The predicted molar refractivity (Wildman–Crippen MR) is 170 cm³/mol. The number of nitrogens with zero attached hydrogens (tertiary/aromatic N) is 2. The Bertz CT molecular complexity index is 1490. The summed E-state index contributed by atoms with van der Waals surface area (Å²) in [5, 5.41) is 0. The number of nitrogens with two attached hydrogens (primary N) is 1. The molecule has 0 radical (unpaired) electrons. The second-order valence-electron chi connectivity index (χ2n) is 11.7. The first-order valence-electron chi connectivity index (χ1n) is 14.8. The fraction of sp³-hybridized carbons (Fsp3) is 0.412. The highest BCUT2D eigenvalue weighted by molar-refractivity contribution is 5.96. The largest absolute Gasteiger partial charge is 0.493 e. The zero-order valence-electron chi connectivity index (χ0n) is 25.8. The number of benzene rings is 3. The summed E-state index contributed by atoms with van der Waals surface area (Å²) in [5.41, 5.74) is 6.59. The van der Waals surface area contributed by atoms with E-state index in [0.717, 1.165) is 11.6 Å². The fourth-order valence-electron chi connectivity index (χ4n) is 6.81. The number of piperidine rings is 1. The summed E-state index contributed by atoms with van der Waals surface area (Å²) in [6, 6.07) is 16.9. The first-order valence-corrected chi connectivity index (χ1v) is 14.8. The maximum Gasteiger partial charge on any atom is 0.254 e. The number of carbonyl (C=O) groups excluding carboxylic acids is 2. The molecule has 3 aromatic rings. The fourth-order valence-corrected chi connectivity index (χ4v) is 6.81. The molecule has 3 aromatic carbocycles. The van der Waals surface area contributed by atoms with Crippen molar-refractivity contribution in [3.8, 4) is 17.2 Å². The molecule has 2 heterocycles. The lowest BCUT2D eigenvalue weighted by Crippen LogP contribution is -2.50. The maximum absolute atomic E-state index is 14.5. The van der Waals surface area contributed by atoms with Gasteiger partial charge in [-0.3, -0.25) is 9.59 Å². The molecule has 1 unspecified atom stereocenters. The van der Waals surface area contributed by atoms with Gasteiger partial charge in [-0.2, -0.15) is 0 Å². The molecule has 8 nitrogen and oxygen atoms in total. The van der Waals surface area contributed by atoms with Gasteiger partial charge in [-0.05, 0) is 80.7 Å². The SMILES string of the molecule is COc1cc(C(=O)N2CCC(CCN3CCC(C(N)=O)(c4ccccc4)CC3)(c3ccc(F)c(F)c3)C2)cc(OC)c1OC.Cl. The van der Waals surface area contributed by atoms with E-state index in [2.05, 4.69) is 4.90 Å². The molecular formula is C34H40ClF2N3O5. The molecule has 2 aliphatic heterocycles. The van der Waals surface area contributed by atoms with Gasteiger partial charge in [0, 0.05) is 24.1 Å². The summed E-state index contributed by atoms with van der Waals surface area (Å²) in [6.07, 6.45) is 2.38. The van der Waals surface area contributed by atoms with Gasteiger partial charge in [0.1, 0.15) is 0 Å². The third-order valence-corrected chi connectivity index (χ3v) is 9.50. The number of amides is 2. The average Bonchev–Trinajstić information content (AvgIpc) is 3.50. The molecule has 2 amide bonds. The number of likely N-dealkylation sites (tertiary alicyclic amines) is 2. The molecule has 0 aliphatic carbocycles. The van der Waals surface area contributed by atoms with Crippen molar-refractivity contribution in [1.82, 2.24) is 9.80 Å². The van der Waals surface area contributed by atoms with Gasteiger partial charge in [0.25, 0.3) is 5.91 Å². The van der Waals surface area contributed by atoms with Crippen molar-refractivity contribution in [2.75, 3.05) is 54.1 Å². The van der Waals surface area contributed by atoms with Crippen molar-refractivity contribution in [3.05, 3.63) is 89.0 Å². The molecular weight excluding hydrogens is 604 g/mol. The van der Waals surface area contributed by atoms with Crippen molar-refractivity contribution in [2.45, 2.75) is 36.5 Å². The molecule has 11 heteroatoms. The summed E-state index contributed by atoms with van der Waals surface area (Å²) < 4.78 is 44.8. The Hall–Kier alpha value is -3.89. The van der Waals surface area contributed by atoms with Crippen molar-refractivity contribution in [3.63, 3.8) is 0 Å². The molecule has 2 fully saturated rings. The predicted octanol–water partition coefficient (Wildman–Crippen LogP) is 5.11. The average molecular weight is 644 g/mol. The summed E-state index contributed by atoms with van der Waals surface area (Å²) in [7, 11) is 4.48. The number of methoxy groups -OCH3 is 3. The Morgan fingerprint density at radius 1 is 0.822 bits per heavy atom. The molecule has 2 aliphatic rings. The first kappa shape index (κ1) is 34.0. The molecule has 2 N–H and O–H groups in total. The van der Waals surface area contributed by atoms with Crippen LogP contribution in [-0.2, 0) is 15.6 Å². The van der Waals surface area contributed by atoms with Gasteiger partial charge in [-0.25, -0.2) is 8.78 Å². The number of carbonyl (C=O) groups is 2. The minimum absolute atomic E-state index is 0. The van der Waals surface area contributed by atoms with Crippen LogP contribution in [0.2, 0.25) is 0 Å². The molecule has 2 saturated heterocycles. The second kappa shape index (κ2) is 14.0. The Morgan fingerprint density at radius 2 is 1.47 bits per heavy atom. The van der Waals surface area contributed by atoms with E-state index in [-0.39, 0.29) is 24.2 Å². The van der Waals surface area contributed by atoms with Crippen LogP contribution in [0.1, 0.15) is 47.2 Å². The molecule has 0 bridgehead atoms. The van der Waals surface area contributed by atoms with Gasteiger partial charge in [0.2, 0.25) is 11.7 Å². The van der Waals surface area contributed by atoms with Gasteiger partial charge in [0.05, 0.1) is 26.7 Å². The van der Waals surface area contributed by atoms with Crippen LogP contribution in [0.4, 0.5) is 8.78 Å². The lowest BCUT2D eigenvalue weighted by Gasteiger charge is -2.41. The van der Waals surface area contributed by atoms with Crippen LogP contribution in [-0.4, -0.2) is 75.7 Å². The van der Waals surface area contributed by atoms with Gasteiger partial charge in [-0.1, -0.05) is 36.4 Å². The van der Waals surface area contributed by atoms with Crippen LogP contribution in [0, 0.1) is 11.6 Å². The minimum atomic E-state index is -0.914. The Morgan fingerprint density at radius 3 is 2.02 bits per heavy atom. The summed E-state index contributed by atoms with van der Waals surface area (Å²) in [5.74, 6) is -1.24. The Labute approximate surface area is 268 Å². The highest BCUT2D eigenvalue weighted by Gasteiger charge is 2.44. The lowest BCUT2D eigenvalue weighted by molar-refractivity contribution is -0.125. The normalized spacial score (nSPS) is 19.4. The third kappa shape index (κ3) is 6.58. The number of ether oxygens (including phenoxy) is 3. The molecule has 242 valence electrons. The van der Waals surface area contributed by atoms with E-state index in [4.69, 9.17) is 19.9 Å². The minimum Gasteiger partial charge on any atom is -0.493 e. The number of primary amides is 1. The molecule has 0 saturated carbocycles. The van der Waals surface area contributed by atoms with Crippen molar-refractivity contribution >= 4 is 24.2 Å². The zero-order valence-corrected chi connectivity index (χ0v) is 26.6. The molecule has 1 atom stereocenters. The van der Waals surface area contributed by atoms with Gasteiger partial charge in [0.15, 0.2) is 23.1 Å². The van der Waals surface area contributed by atoms with Crippen LogP contribution >= 0.6 is 12.4 Å². The highest BCUT2D eigenvalue weighted by atomic mass is 35.5. The van der Waals surface area contributed by atoms with Crippen LogP contribution < -0.4 is 19.9 Å². The van der Waals surface area contributed by atoms with E-state index in [1.165, 1.54) is 27.4 Å². The second-order valence-corrected chi connectivity index (χ2v) is 11.7. The molecule has 45 heavy (non-hydrogen) atoms. The summed E-state index contributed by atoms with van der Waals surface area (Å²) in [6.45, 7) is 2.76. The number of rotatable bonds is 10. The van der Waals surface area contributed by atoms with Crippen molar-refractivity contribution in [2.24, 2.45) is 5.73 Å². The molecule has 0 spiro atoms. The van der Waals surface area contributed by atoms with E-state index >= 15 is 0 Å². The maximum atomic E-state index is 14.5. The van der Waals surface area contributed by atoms with Gasteiger partial charge in [-0.15, -0.1) is 12.4 Å². The summed E-state index contributed by atoms with van der Waals surface area (Å²) in [4.78, 5) is 30.5. The smallest absolute Gasteiger partial charge is 0.254 e. The molecule has 0 aromatic heterocycles. The van der Waals surface area contributed by atoms with Gasteiger partial charge >= 0.3 is 0 Å². The monoisotopic (exact) mass is 643 g/mol. The number of hydrogen-bond acceptors (Lipinski definition) is 6. The lowest BCUT2D eigenvalue weighted by atomic mass is 9.71. The van der Waals surface area contributed by atoms with E-state index in [1.54, 1.807) is 23.1 Å². The van der Waals surface area contributed by atoms with Crippen molar-refractivity contribution in [1.29, 1.82) is 0 Å². The Balaban J connectivity index is 0.00000461. The zero-order chi connectivity index (χ0) is 31.5. The summed E-state index contributed by atoms with van der Waals surface area (Å²) >= 11 is 0. The van der Waals surface area contributed by atoms with E-state index in [0.29, 0.717) is 86.8 Å². The van der Waals surface area contributed by atoms with Crippen LogP contribution in [0.15, 0.2) is 60.7 Å². The number of halogens is 3. The van der Waals surface area contributed by atoms with Crippen molar-refractivity contribution < 1.29 is 32.6 Å². The van der Waals surface area contributed by atoms with Crippen LogP contribution in [0.3, 0.4) is 0 Å². The van der Waals surface area contributed by atoms with Crippen LogP contribution in [0.25, 0.3) is 0 Å². The standard InChI is InChI=1S/C34H39F2N3O5.ClH/c1-42-28-19-23(20-29(43-2)30(28)44-3)31(40)39-18-12-33(22-39,25-9-10-26(35)27(36)21-25)11-15-38-16-13-34(14-17-38,32(37)41)24-7-5-4-6-8-24;/h4-10,19-21H,11-18,22H2,1-3H3,(H2,37,41);1H.